The number of hydrogen-bond donors (Lipinski definition) is 1. The van der Waals surface area contributed by atoms with Crippen LogP contribution in [0.4, 0.5) is 5.69 Å². The van der Waals surface area contributed by atoms with Gasteiger partial charge in [0.1, 0.15) is 0 Å². The van der Waals surface area contributed by atoms with Crippen LogP contribution in [0.5, 0.6) is 0 Å². The number of aromatic nitrogens is 2. The van der Waals surface area contributed by atoms with Crippen molar-refractivity contribution < 1.29 is 9.32 Å². The zero-order valence-corrected chi connectivity index (χ0v) is 14.5. The van der Waals surface area contributed by atoms with Crippen molar-refractivity contribution in [3.63, 3.8) is 0 Å². The van der Waals surface area contributed by atoms with Gasteiger partial charge in [0.05, 0.1) is 38.8 Å². The lowest BCUT2D eigenvalue weighted by atomic mass is 10.1. The molecule has 0 aliphatic rings. The van der Waals surface area contributed by atoms with Gasteiger partial charge >= 0.3 is 0 Å². The van der Waals surface area contributed by atoms with Gasteiger partial charge < -0.3 is 9.84 Å². The van der Waals surface area contributed by atoms with Gasteiger partial charge in [-0.3, -0.25) is 4.79 Å². The first kappa shape index (κ1) is 16.0. The molecule has 3 aromatic heterocycles. The number of thiophene rings is 1. The van der Waals surface area contributed by atoms with Crippen molar-refractivity contribution in [1.29, 1.82) is 5.26 Å². The zero-order chi connectivity index (χ0) is 18.1. The predicted octanol–water partition coefficient (Wildman–Crippen LogP) is 4.38. The first-order chi connectivity index (χ1) is 12.7. The molecule has 7 heteroatoms. The Bertz CT molecular complexity index is 1160. The fraction of sp³-hybridized carbons (Fsp3) is 0.0526. The van der Waals surface area contributed by atoms with Gasteiger partial charge in [0.2, 0.25) is 0 Å². The van der Waals surface area contributed by atoms with Crippen molar-refractivity contribution in [2.24, 2.45) is 0 Å². The summed E-state index contributed by atoms with van der Waals surface area (Å²) >= 11 is 1.53. The molecular weight excluding hydrogens is 348 g/mol. The van der Waals surface area contributed by atoms with Gasteiger partial charge in [-0.2, -0.15) is 5.26 Å². The Morgan fingerprint density at radius 3 is 2.92 bits per heavy atom. The van der Waals surface area contributed by atoms with E-state index >= 15 is 0 Å². The van der Waals surface area contributed by atoms with Gasteiger partial charge in [-0.25, -0.2) is 4.98 Å². The number of aryl methyl sites for hydroxylation is 1. The van der Waals surface area contributed by atoms with E-state index in [4.69, 9.17) is 9.78 Å². The summed E-state index contributed by atoms with van der Waals surface area (Å²) in [6.45, 7) is 1.77. The van der Waals surface area contributed by atoms with Crippen LogP contribution in [0.25, 0.3) is 21.7 Å². The maximum absolute atomic E-state index is 12.9. The molecule has 26 heavy (non-hydrogen) atoms. The van der Waals surface area contributed by atoms with E-state index in [1.165, 1.54) is 11.3 Å². The van der Waals surface area contributed by atoms with E-state index in [-0.39, 0.29) is 5.91 Å². The molecule has 0 saturated heterocycles. The molecule has 126 valence electrons. The Morgan fingerprint density at radius 2 is 2.15 bits per heavy atom. The number of hydrogen-bond acceptors (Lipinski definition) is 6. The molecule has 1 amide bonds. The van der Waals surface area contributed by atoms with Crippen LogP contribution in [-0.2, 0) is 0 Å². The highest BCUT2D eigenvalue weighted by Gasteiger charge is 2.20. The van der Waals surface area contributed by atoms with E-state index < -0.39 is 0 Å². The number of rotatable bonds is 3. The monoisotopic (exact) mass is 360 g/mol. The Balaban J connectivity index is 1.80. The Morgan fingerprint density at radius 1 is 1.27 bits per heavy atom. The predicted molar refractivity (Wildman–Crippen MR) is 99.0 cm³/mol. The summed E-state index contributed by atoms with van der Waals surface area (Å²) in [6.07, 6.45) is 0. The molecule has 6 nitrogen and oxygen atoms in total. The lowest BCUT2D eigenvalue weighted by molar-refractivity contribution is 0.102. The summed E-state index contributed by atoms with van der Waals surface area (Å²) < 4.78 is 5.29. The molecule has 0 radical (unpaired) electrons. The second-order valence-corrected chi connectivity index (χ2v) is 6.57. The molecule has 0 saturated carbocycles. The normalized spacial score (nSPS) is 10.6. The average Bonchev–Trinajstić information content (AvgIpc) is 3.31. The van der Waals surface area contributed by atoms with Crippen LogP contribution in [0.15, 0.2) is 52.4 Å². The van der Waals surface area contributed by atoms with Crippen molar-refractivity contribution in [1.82, 2.24) is 10.1 Å². The van der Waals surface area contributed by atoms with Crippen molar-refractivity contribution in [3.8, 4) is 16.6 Å². The largest absolute Gasteiger partial charge is 0.335 e. The zero-order valence-electron chi connectivity index (χ0n) is 13.7. The number of benzene rings is 1. The minimum Gasteiger partial charge on any atom is -0.335 e. The maximum atomic E-state index is 12.9. The van der Waals surface area contributed by atoms with E-state index in [1.807, 2.05) is 17.5 Å². The lowest BCUT2D eigenvalue weighted by Gasteiger charge is -2.08. The van der Waals surface area contributed by atoms with Gasteiger partial charge in [0.25, 0.3) is 11.6 Å². The fourth-order valence-electron chi connectivity index (χ4n) is 2.69. The molecule has 4 aromatic rings. The van der Waals surface area contributed by atoms with Crippen LogP contribution < -0.4 is 5.32 Å². The summed E-state index contributed by atoms with van der Waals surface area (Å²) in [5.41, 5.74) is 3.03. The van der Waals surface area contributed by atoms with Gasteiger partial charge in [-0.05, 0) is 42.6 Å². The van der Waals surface area contributed by atoms with Crippen molar-refractivity contribution in [3.05, 3.63) is 64.7 Å². The Labute approximate surface area is 152 Å². The molecule has 0 fully saturated rings. The standard InChI is InChI=1S/C19H12N4O2S/c1-11-17-14(18(24)21-13-5-2-4-12(8-13)10-20)9-15(16-6-3-7-26-16)22-19(17)25-23-11/h2-9H,1H3,(H,21,24). The van der Waals surface area contributed by atoms with Gasteiger partial charge in [-0.15, -0.1) is 11.3 Å². The summed E-state index contributed by atoms with van der Waals surface area (Å²) in [7, 11) is 0. The highest BCUT2D eigenvalue weighted by Crippen LogP contribution is 2.29. The molecule has 0 atom stereocenters. The smallest absolute Gasteiger partial charge is 0.259 e. The van der Waals surface area contributed by atoms with Crippen molar-refractivity contribution in [2.45, 2.75) is 6.92 Å². The van der Waals surface area contributed by atoms with E-state index in [0.29, 0.717) is 39.3 Å². The number of anilines is 1. The molecule has 0 aliphatic carbocycles. The van der Waals surface area contributed by atoms with Crippen LogP contribution in [0.3, 0.4) is 0 Å². The van der Waals surface area contributed by atoms with Crippen LogP contribution in [0, 0.1) is 18.3 Å². The van der Waals surface area contributed by atoms with Crippen LogP contribution in [-0.4, -0.2) is 16.0 Å². The van der Waals surface area contributed by atoms with Crippen LogP contribution >= 0.6 is 11.3 Å². The average molecular weight is 360 g/mol. The molecule has 0 unspecified atom stereocenters. The maximum Gasteiger partial charge on any atom is 0.259 e. The summed E-state index contributed by atoms with van der Waals surface area (Å²) in [6, 6.07) is 14.4. The Hall–Kier alpha value is -3.50. The quantitative estimate of drug-likeness (QED) is 0.585. The van der Waals surface area contributed by atoms with E-state index in [2.05, 4.69) is 21.5 Å². The number of fused-ring (bicyclic) bond motifs is 1. The van der Waals surface area contributed by atoms with Gasteiger partial charge in [-0.1, -0.05) is 17.3 Å². The number of carbonyl (C=O) groups excluding carboxylic acids is 1. The van der Waals surface area contributed by atoms with Crippen LogP contribution in [0.2, 0.25) is 0 Å². The van der Waals surface area contributed by atoms with Crippen molar-refractivity contribution >= 4 is 34.0 Å². The van der Waals surface area contributed by atoms with E-state index in [0.717, 1.165) is 4.88 Å². The number of carbonyl (C=O) groups is 1. The minimum absolute atomic E-state index is 0.309. The first-order valence-corrected chi connectivity index (χ1v) is 8.66. The Kier molecular flexibility index (Phi) is 3.95. The summed E-state index contributed by atoms with van der Waals surface area (Å²) in [5.74, 6) is -0.309. The van der Waals surface area contributed by atoms with E-state index in [1.54, 1.807) is 37.3 Å². The van der Waals surface area contributed by atoms with Gasteiger partial charge in [0, 0.05) is 5.69 Å². The number of pyridine rings is 1. The SMILES string of the molecule is Cc1noc2nc(-c3cccs3)cc(C(=O)Nc3cccc(C#N)c3)c12. The molecular formula is C19H12N4O2S. The molecule has 0 bridgehead atoms. The highest BCUT2D eigenvalue weighted by atomic mass is 32.1. The third kappa shape index (κ3) is 2.83. The highest BCUT2D eigenvalue weighted by molar-refractivity contribution is 7.13. The molecule has 1 aromatic carbocycles. The summed E-state index contributed by atoms with van der Waals surface area (Å²) in [5, 5.41) is 18.3. The number of nitrogens with one attached hydrogen (secondary N) is 1. The molecule has 1 N–H and O–H groups in total. The fourth-order valence-corrected chi connectivity index (χ4v) is 3.38. The minimum atomic E-state index is -0.309. The second kappa shape index (κ2) is 6.43. The summed E-state index contributed by atoms with van der Waals surface area (Å²) in [4.78, 5) is 18.3. The third-order valence-electron chi connectivity index (χ3n) is 3.88. The molecule has 4 rings (SSSR count). The first-order valence-electron chi connectivity index (χ1n) is 7.78. The number of nitriles is 1. The number of nitrogens with zero attached hydrogens (tertiary/aromatic N) is 3. The number of amides is 1. The van der Waals surface area contributed by atoms with Gasteiger partial charge in [0.15, 0.2) is 0 Å². The lowest BCUT2D eigenvalue weighted by Crippen LogP contribution is -2.13. The van der Waals surface area contributed by atoms with Crippen molar-refractivity contribution in [2.75, 3.05) is 5.32 Å². The topological polar surface area (TPSA) is 91.8 Å². The third-order valence-corrected chi connectivity index (χ3v) is 4.78. The van der Waals surface area contributed by atoms with E-state index in [9.17, 15) is 4.79 Å². The molecule has 3 heterocycles. The molecule has 0 aliphatic heterocycles. The molecule has 0 spiro atoms. The second-order valence-electron chi connectivity index (χ2n) is 5.63. The van der Waals surface area contributed by atoms with Crippen LogP contribution in [0.1, 0.15) is 21.6 Å².